The van der Waals surface area contributed by atoms with Crippen molar-refractivity contribution in [1.82, 2.24) is 16.2 Å². The largest absolute Gasteiger partial charge is 0.365 e. The molecule has 17 heavy (non-hydrogen) atoms. The predicted molar refractivity (Wildman–Crippen MR) is 72.4 cm³/mol. The Morgan fingerprint density at radius 2 is 2.12 bits per heavy atom. The molecule has 0 aromatic heterocycles. The van der Waals surface area contributed by atoms with E-state index in [1.807, 2.05) is 30.3 Å². The standard InChI is InChI=1S/C11H15N5S/c17-11(14-9-5-2-1-3-6-9)16-15-10-12-7-4-8-13-10/h1-3,5-6H,4,7-8H2,(H2,12,13,15)(H2,14,16,17)/p+1. The van der Waals surface area contributed by atoms with Gasteiger partial charge in [-0.25, -0.2) is 5.43 Å². The Morgan fingerprint density at radius 1 is 1.29 bits per heavy atom. The molecular weight excluding hydrogens is 234 g/mol. The Bertz CT molecular complexity index is 404. The fourth-order valence-electron chi connectivity index (χ4n) is 1.47. The van der Waals surface area contributed by atoms with Gasteiger partial charge < -0.3 is 5.32 Å². The number of thiocarbonyl (C=S) groups is 1. The van der Waals surface area contributed by atoms with Crippen molar-refractivity contribution in [3.05, 3.63) is 30.3 Å². The average molecular weight is 250 g/mol. The minimum atomic E-state index is 0.526. The summed E-state index contributed by atoms with van der Waals surface area (Å²) < 4.78 is 0. The van der Waals surface area contributed by atoms with Crippen LogP contribution in [-0.2, 0) is 0 Å². The van der Waals surface area contributed by atoms with Crippen molar-refractivity contribution >= 4 is 29.0 Å². The van der Waals surface area contributed by atoms with Crippen LogP contribution in [0.4, 0.5) is 5.69 Å². The van der Waals surface area contributed by atoms with Crippen LogP contribution in [0.3, 0.4) is 0 Å². The molecule has 1 aromatic carbocycles. The topological polar surface area (TPSA) is 62.1 Å². The predicted octanol–water partition coefficient (Wildman–Crippen LogP) is -1.09. The third kappa shape index (κ3) is 3.92. The van der Waals surface area contributed by atoms with Crippen molar-refractivity contribution < 1.29 is 4.99 Å². The Balaban J connectivity index is 1.76. The van der Waals surface area contributed by atoms with E-state index in [1.165, 1.54) is 0 Å². The maximum Gasteiger partial charge on any atom is 0.365 e. The molecule has 0 amide bonds. The van der Waals surface area contributed by atoms with E-state index in [0.29, 0.717) is 5.11 Å². The molecule has 2 rings (SSSR count). The second kappa shape index (κ2) is 6.05. The van der Waals surface area contributed by atoms with Gasteiger partial charge in [-0.15, -0.1) is 0 Å². The van der Waals surface area contributed by atoms with Crippen LogP contribution in [0.2, 0.25) is 0 Å². The lowest BCUT2D eigenvalue weighted by atomic mass is 10.3. The van der Waals surface area contributed by atoms with E-state index in [-0.39, 0.29) is 0 Å². The molecule has 1 aromatic rings. The summed E-state index contributed by atoms with van der Waals surface area (Å²) in [6.07, 6.45) is 1.12. The number of rotatable bonds is 1. The highest BCUT2D eigenvalue weighted by Gasteiger charge is 2.09. The monoisotopic (exact) mass is 250 g/mol. The highest BCUT2D eigenvalue weighted by molar-refractivity contribution is 7.80. The SMILES string of the molecule is S=C(NNC1=[NH+]CCCN1)Nc1ccccc1. The van der Waals surface area contributed by atoms with E-state index in [9.17, 15) is 0 Å². The van der Waals surface area contributed by atoms with Crippen LogP contribution in [0.5, 0.6) is 0 Å². The second-order valence-electron chi connectivity index (χ2n) is 3.65. The van der Waals surface area contributed by atoms with Gasteiger partial charge in [-0.2, -0.15) is 5.43 Å². The lowest BCUT2D eigenvalue weighted by Crippen LogP contribution is -2.83. The number of benzene rings is 1. The van der Waals surface area contributed by atoms with E-state index in [2.05, 4.69) is 26.5 Å². The number of guanidine groups is 1. The van der Waals surface area contributed by atoms with Gasteiger partial charge in [-0.1, -0.05) is 18.2 Å². The maximum atomic E-state index is 5.15. The summed E-state index contributed by atoms with van der Waals surface area (Å²) in [7, 11) is 0. The lowest BCUT2D eigenvalue weighted by Gasteiger charge is -2.12. The molecule has 0 atom stereocenters. The number of para-hydroxylation sites is 1. The summed E-state index contributed by atoms with van der Waals surface area (Å²) >= 11 is 5.15. The zero-order valence-electron chi connectivity index (χ0n) is 9.42. The van der Waals surface area contributed by atoms with E-state index >= 15 is 0 Å². The zero-order chi connectivity index (χ0) is 11.9. The minimum Gasteiger partial charge on any atom is -0.331 e. The third-order valence-corrected chi connectivity index (χ3v) is 2.49. The third-order valence-electron chi connectivity index (χ3n) is 2.29. The van der Waals surface area contributed by atoms with Crippen LogP contribution in [0.15, 0.2) is 30.3 Å². The first-order chi connectivity index (χ1) is 8.34. The molecule has 0 aliphatic carbocycles. The molecule has 1 aliphatic heterocycles. The second-order valence-corrected chi connectivity index (χ2v) is 4.06. The molecule has 0 radical (unpaired) electrons. The molecule has 0 fully saturated rings. The number of hydrogen-bond acceptors (Lipinski definition) is 3. The lowest BCUT2D eigenvalue weighted by molar-refractivity contribution is -0.467. The average Bonchev–Trinajstić information content (AvgIpc) is 2.39. The first kappa shape index (κ1) is 11.7. The van der Waals surface area contributed by atoms with Gasteiger partial charge >= 0.3 is 5.96 Å². The molecule has 0 spiro atoms. The van der Waals surface area contributed by atoms with Crippen LogP contribution in [0.25, 0.3) is 0 Å². The van der Waals surface area contributed by atoms with Crippen LogP contribution < -0.4 is 26.5 Å². The van der Waals surface area contributed by atoms with Gasteiger partial charge in [0.05, 0.1) is 13.1 Å². The van der Waals surface area contributed by atoms with E-state index in [1.54, 1.807) is 0 Å². The molecule has 0 unspecified atom stereocenters. The Hall–Kier alpha value is -1.82. The first-order valence-electron chi connectivity index (χ1n) is 5.57. The molecular formula is C11H16N5S+. The van der Waals surface area contributed by atoms with Crippen molar-refractivity contribution in [2.45, 2.75) is 6.42 Å². The summed E-state index contributed by atoms with van der Waals surface area (Å²) in [4.78, 5) is 3.18. The Morgan fingerprint density at radius 3 is 2.82 bits per heavy atom. The summed E-state index contributed by atoms with van der Waals surface area (Å²) in [5, 5.41) is 6.78. The van der Waals surface area contributed by atoms with Crippen LogP contribution in [0, 0.1) is 0 Å². The molecule has 6 heteroatoms. The van der Waals surface area contributed by atoms with Crippen molar-refractivity contribution in [3.8, 4) is 0 Å². The minimum absolute atomic E-state index is 0.526. The van der Waals surface area contributed by atoms with E-state index in [0.717, 1.165) is 31.2 Å². The zero-order valence-corrected chi connectivity index (χ0v) is 10.2. The van der Waals surface area contributed by atoms with Gasteiger partial charge in [-0.05, 0) is 24.4 Å². The quantitative estimate of drug-likeness (QED) is 0.324. The number of hydrazine groups is 1. The van der Waals surface area contributed by atoms with Crippen LogP contribution in [0.1, 0.15) is 6.42 Å². The molecule has 1 aliphatic rings. The van der Waals surface area contributed by atoms with Crippen LogP contribution >= 0.6 is 12.2 Å². The molecule has 0 saturated heterocycles. The highest BCUT2D eigenvalue weighted by atomic mass is 32.1. The van der Waals surface area contributed by atoms with Crippen molar-refractivity contribution in [2.24, 2.45) is 0 Å². The normalized spacial score (nSPS) is 14.2. The maximum absolute atomic E-state index is 5.15. The summed E-state index contributed by atoms with van der Waals surface area (Å²) in [6, 6.07) is 9.79. The number of nitrogens with one attached hydrogen (secondary N) is 5. The molecule has 0 saturated carbocycles. The summed E-state index contributed by atoms with van der Waals surface area (Å²) in [5.41, 5.74) is 6.85. The molecule has 5 N–H and O–H groups in total. The summed E-state index contributed by atoms with van der Waals surface area (Å²) in [5.74, 6) is 0.855. The van der Waals surface area contributed by atoms with Crippen molar-refractivity contribution in [3.63, 3.8) is 0 Å². The highest BCUT2D eigenvalue weighted by Crippen LogP contribution is 2.03. The van der Waals surface area contributed by atoms with E-state index in [4.69, 9.17) is 12.2 Å². The molecule has 90 valence electrons. The summed E-state index contributed by atoms with van der Waals surface area (Å²) in [6.45, 7) is 1.94. The fourth-order valence-corrected chi connectivity index (χ4v) is 1.64. The van der Waals surface area contributed by atoms with Gasteiger partial charge in [0.1, 0.15) is 0 Å². The molecule has 1 heterocycles. The van der Waals surface area contributed by atoms with Gasteiger partial charge in [0.15, 0.2) is 0 Å². The number of anilines is 1. The smallest absolute Gasteiger partial charge is 0.331 e. The molecule has 5 nitrogen and oxygen atoms in total. The Labute approximate surface area is 106 Å². The van der Waals surface area contributed by atoms with Gasteiger partial charge in [-0.3, -0.25) is 10.3 Å². The van der Waals surface area contributed by atoms with Crippen molar-refractivity contribution in [2.75, 3.05) is 18.4 Å². The fraction of sp³-hybridized carbons (Fsp3) is 0.273. The first-order valence-corrected chi connectivity index (χ1v) is 5.98. The van der Waals surface area contributed by atoms with Gasteiger partial charge in [0, 0.05) is 12.1 Å². The number of hydrogen-bond donors (Lipinski definition) is 5. The van der Waals surface area contributed by atoms with Gasteiger partial charge in [0.25, 0.3) is 0 Å². The van der Waals surface area contributed by atoms with Crippen LogP contribution in [-0.4, -0.2) is 24.2 Å². The van der Waals surface area contributed by atoms with E-state index < -0.39 is 0 Å². The molecule has 0 bridgehead atoms. The van der Waals surface area contributed by atoms with Gasteiger partial charge in [0.2, 0.25) is 5.11 Å². The van der Waals surface area contributed by atoms with Crippen molar-refractivity contribution in [1.29, 1.82) is 0 Å². The Kier molecular flexibility index (Phi) is 4.15.